The van der Waals surface area contributed by atoms with Gasteiger partial charge in [-0.3, -0.25) is 14.5 Å². The van der Waals surface area contributed by atoms with E-state index in [-0.39, 0.29) is 23.2 Å². The first-order chi connectivity index (χ1) is 14.0. The van der Waals surface area contributed by atoms with Crippen LogP contribution in [0.1, 0.15) is 28.9 Å². The largest absolute Gasteiger partial charge is 0.379 e. The smallest absolute Gasteiger partial charge is 0.251 e. The van der Waals surface area contributed by atoms with Crippen LogP contribution in [-0.2, 0) is 9.53 Å². The van der Waals surface area contributed by atoms with Gasteiger partial charge in [-0.2, -0.15) is 0 Å². The summed E-state index contributed by atoms with van der Waals surface area (Å²) in [7, 11) is 0. The second kappa shape index (κ2) is 9.82. The van der Waals surface area contributed by atoms with Crippen molar-refractivity contribution in [2.24, 2.45) is 0 Å². The first kappa shape index (κ1) is 21.2. The van der Waals surface area contributed by atoms with Crippen LogP contribution in [0.15, 0.2) is 42.5 Å². The fraction of sp³-hybridized carbons (Fsp3) is 0.333. The van der Waals surface area contributed by atoms with Crippen molar-refractivity contribution in [1.82, 2.24) is 10.2 Å². The van der Waals surface area contributed by atoms with E-state index in [0.717, 1.165) is 24.7 Å². The number of anilines is 1. The monoisotopic (exact) mass is 419 g/mol. The zero-order valence-corrected chi connectivity index (χ0v) is 16.8. The molecule has 29 heavy (non-hydrogen) atoms. The molecule has 6 nitrogen and oxygen atoms in total. The molecule has 0 aromatic heterocycles. The molecule has 0 saturated carbocycles. The Balaban J connectivity index is 1.76. The van der Waals surface area contributed by atoms with Gasteiger partial charge >= 0.3 is 0 Å². The van der Waals surface area contributed by atoms with E-state index in [1.807, 2.05) is 24.3 Å². The van der Waals surface area contributed by atoms with Crippen molar-refractivity contribution in [2.75, 3.05) is 38.2 Å². The zero-order valence-electron chi connectivity index (χ0n) is 16.1. The van der Waals surface area contributed by atoms with Crippen molar-refractivity contribution >= 4 is 29.1 Å². The van der Waals surface area contributed by atoms with Gasteiger partial charge in [-0.05, 0) is 29.8 Å². The van der Waals surface area contributed by atoms with Gasteiger partial charge in [-0.25, -0.2) is 4.39 Å². The van der Waals surface area contributed by atoms with Crippen LogP contribution in [0.4, 0.5) is 10.1 Å². The molecule has 1 aliphatic heterocycles. The standard InChI is InChI=1S/C21H23ClFN3O3/c1-14(27)25-19-12-15(6-7-18(19)23)21(28)24-13-20(26-8-10-29-11-9-26)16-4-2-3-5-17(16)22/h2-7,12,20H,8-11,13H2,1H3,(H,24,28)(H,25,27). The van der Waals surface area contributed by atoms with Crippen LogP contribution in [0.3, 0.4) is 0 Å². The number of amides is 2. The normalized spacial score (nSPS) is 15.6. The van der Waals surface area contributed by atoms with Crippen LogP contribution in [0.5, 0.6) is 0 Å². The number of hydrogen-bond donors (Lipinski definition) is 2. The van der Waals surface area contributed by atoms with E-state index in [2.05, 4.69) is 15.5 Å². The quantitative estimate of drug-likeness (QED) is 0.754. The van der Waals surface area contributed by atoms with Crippen LogP contribution in [0.25, 0.3) is 0 Å². The van der Waals surface area contributed by atoms with E-state index in [4.69, 9.17) is 16.3 Å². The minimum absolute atomic E-state index is 0.0269. The number of carbonyl (C=O) groups is 2. The van der Waals surface area contributed by atoms with Gasteiger partial charge in [0.15, 0.2) is 0 Å². The lowest BCUT2D eigenvalue weighted by Gasteiger charge is -2.35. The minimum atomic E-state index is -0.598. The van der Waals surface area contributed by atoms with E-state index in [0.29, 0.717) is 24.8 Å². The maximum Gasteiger partial charge on any atom is 0.251 e. The number of halogens is 2. The van der Waals surface area contributed by atoms with E-state index in [1.54, 1.807) is 0 Å². The fourth-order valence-electron chi connectivity index (χ4n) is 3.31. The van der Waals surface area contributed by atoms with E-state index >= 15 is 0 Å². The van der Waals surface area contributed by atoms with E-state index < -0.39 is 11.7 Å². The molecule has 1 unspecified atom stereocenters. The summed E-state index contributed by atoms with van der Waals surface area (Å²) >= 11 is 6.40. The highest BCUT2D eigenvalue weighted by Crippen LogP contribution is 2.28. The molecule has 1 heterocycles. The van der Waals surface area contributed by atoms with Gasteiger partial charge in [-0.15, -0.1) is 0 Å². The van der Waals surface area contributed by atoms with E-state index in [9.17, 15) is 14.0 Å². The van der Waals surface area contributed by atoms with Crippen LogP contribution in [0.2, 0.25) is 5.02 Å². The molecule has 0 aliphatic carbocycles. The van der Waals surface area contributed by atoms with Crippen LogP contribution < -0.4 is 10.6 Å². The summed E-state index contributed by atoms with van der Waals surface area (Å²) in [5.74, 6) is -1.37. The lowest BCUT2D eigenvalue weighted by molar-refractivity contribution is -0.114. The molecule has 0 spiro atoms. The maximum atomic E-state index is 13.8. The molecule has 2 N–H and O–H groups in total. The molecule has 1 fully saturated rings. The fourth-order valence-corrected chi connectivity index (χ4v) is 3.58. The lowest BCUT2D eigenvalue weighted by atomic mass is 10.0. The Morgan fingerprint density at radius 1 is 1.21 bits per heavy atom. The van der Waals surface area contributed by atoms with Crippen molar-refractivity contribution in [3.8, 4) is 0 Å². The van der Waals surface area contributed by atoms with Gasteiger partial charge in [0.25, 0.3) is 5.91 Å². The Kier molecular flexibility index (Phi) is 7.19. The Hall–Kier alpha value is -2.48. The zero-order chi connectivity index (χ0) is 20.8. The lowest BCUT2D eigenvalue weighted by Crippen LogP contribution is -2.44. The van der Waals surface area contributed by atoms with Gasteiger partial charge in [0, 0.05) is 37.1 Å². The number of hydrogen-bond acceptors (Lipinski definition) is 4. The molecule has 3 rings (SSSR count). The third-order valence-electron chi connectivity index (χ3n) is 4.75. The van der Waals surface area contributed by atoms with Gasteiger partial charge in [-0.1, -0.05) is 29.8 Å². The van der Waals surface area contributed by atoms with Crippen molar-refractivity contribution < 1.29 is 18.7 Å². The summed E-state index contributed by atoms with van der Waals surface area (Å²) in [6.07, 6.45) is 0. The van der Waals surface area contributed by atoms with Crippen LogP contribution in [-0.4, -0.2) is 49.6 Å². The van der Waals surface area contributed by atoms with Crippen molar-refractivity contribution in [2.45, 2.75) is 13.0 Å². The van der Waals surface area contributed by atoms with Gasteiger partial charge < -0.3 is 15.4 Å². The molecular weight excluding hydrogens is 397 g/mol. The molecule has 154 valence electrons. The molecule has 1 atom stereocenters. The van der Waals surface area contributed by atoms with Crippen molar-refractivity contribution in [3.05, 3.63) is 64.4 Å². The second-order valence-electron chi connectivity index (χ2n) is 6.77. The first-order valence-corrected chi connectivity index (χ1v) is 9.75. The number of morpholine rings is 1. The molecule has 1 aliphatic rings. The average Bonchev–Trinajstić information content (AvgIpc) is 2.71. The molecule has 2 aromatic rings. The predicted octanol–water partition coefficient (Wildman–Crippen LogP) is 3.24. The van der Waals surface area contributed by atoms with Crippen molar-refractivity contribution in [1.29, 1.82) is 0 Å². The van der Waals surface area contributed by atoms with Crippen LogP contribution in [0, 0.1) is 5.82 Å². The Morgan fingerprint density at radius 2 is 1.93 bits per heavy atom. The third kappa shape index (κ3) is 5.53. The second-order valence-corrected chi connectivity index (χ2v) is 7.18. The Bertz CT molecular complexity index is 887. The average molecular weight is 420 g/mol. The number of nitrogens with one attached hydrogen (secondary N) is 2. The number of ether oxygens (including phenoxy) is 1. The summed E-state index contributed by atoms with van der Waals surface area (Å²) in [6.45, 7) is 4.31. The van der Waals surface area contributed by atoms with Crippen molar-refractivity contribution in [3.63, 3.8) is 0 Å². The van der Waals surface area contributed by atoms with Gasteiger partial charge in [0.1, 0.15) is 5.82 Å². The number of nitrogens with zero attached hydrogens (tertiary/aromatic N) is 1. The summed E-state index contributed by atoms with van der Waals surface area (Å²) in [5, 5.41) is 5.92. The highest BCUT2D eigenvalue weighted by molar-refractivity contribution is 6.31. The maximum absolute atomic E-state index is 13.8. The molecule has 2 amide bonds. The summed E-state index contributed by atoms with van der Waals surface area (Å²) in [6, 6.07) is 11.3. The Morgan fingerprint density at radius 3 is 2.62 bits per heavy atom. The number of benzene rings is 2. The molecular formula is C21H23ClFN3O3. The summed E-state index contributed by atoms with van der Waals surface area (Å²) in [4.78, 5) is 26.1. The summed E-state index contributed by atoms with van der Waals surface area (Å²) < 4.78 is 19.3. The van der Waals surface area contributed by atoms with Gasteiger partial charge in [0.2, 0.25) is 5.91 Å². The number of carbonyl (C=O) groups excluding carboxylic acids is 2. The minimum Gasteiger partial charge on any atom is -0.379 e. The molecule has 0 bridgehead atoms. The molecule has 8 heteroatoms. The highest BCUT2D eigenvalue weighted by Gasteiger charge is 2.25. The third-order valence-corrected chi connectivity index (χ3v) is 5.09. The molecule has 0 radical (unpaired) electrons. The topological polar surface area (TPSA) is 70.7 Å². The Labute approximate surface area is 174 Å². The van der Waals surface area contributed by atoms with Crippen LogP contribution >= 0.6 is 11.6 Å². The number of rotatable bonds is 6. The summed E-state index contributed by atoms with van der Waals surface area (Å²) in [5.41, 5.74) is 1.16. The SMILES string of the molecule is CC(=O)Nc1cc(C(=O)NCC(c2ccccc2Cl)N2CCOCC2)ccc1F. The van der Waals surface area contributed by atoms with Gasteiger partial charge in [0.05, 0.1) is 24.9 Å². The molecule has 1 saturated heterocycles. The molecule has 2 aromatic carbocycles. The first-order valence-electron chi connectivity index (χ1n) is 9.37. The predicted molar refractivity (Wildman–Crippen MR) is 110 cm³/mol. The highest BCUT2D eigenvalue weighted by atomic mass is 35.5. The van der Waals surface area contributed by atoms with E-state index in [1.165, 1.54) is 19.1 Å².